The van der Waals surface area contributed by atoms with Crippen LogP contribution < -0.4 is 0 Å². The van der Waals surface area contributed by atoms with Crippen molar-refractivity contribution in [3.63, 3.8) is 0 Å². The topological polar surface area (TPSA) is 237 Å². The van der Waals surface area contributed by atoms with E-state index in [0.29, 0.717) is 32.1 Å². The predicted molar refractivity (Wildman–Crippen MR) is 427 cm³/mol. The number of carbonyl (C=O) groups is 4. The number of allylic oxidation sites excluding steroid dienone is 24. The molecule has 0 spiro atoms. The van der Waals surface area contributed by atoms with E-state index in [4.69, 9.17) is 37.0 Å². The molecule has 0 rings (SSSR count). The molecule has 0 aromatic heterocycles. The number of unbranched alkanes of at least 4 members (excludes halogenated alkanes) is 24. The Morgan fingerprint density at radius 1 is 0.279 bits per heavy atom. The van der Waals surface area contributed by atoms with Crippen molar-refractivity contribution in [1.29, 1.82) is 0 Å². The van der Waals surface area contributed by atoms with Crippen molar-refractivity contribution in [2.75, 3.05) is 39.6 Å². The lowest BCUT2D eigenvalue weighted by atomic mass is 10.1. The third-order valence-electron chi connectivity index (χ3n) is 16.3. The Hall–Kier alpha value is -5.06. The zero-order chi connectivity index (χ0) is 76.0. The van der Waals surface area contributed by atoms with Crippen LogP contribution in [0.1, 0.15) is 310 Å². The molecule has 0 saturated carbocycles. The molecule has 19 heteroatoms. The number of rotatable bonds is 74. The Kier molecular flexibility index (Phi) is 72.4. The van der Waals surface area contributed by atoms with E-state index in [0.717, 1.165) is 167 Å². The summed E-state index contributed by atoms with van der Waals surface area (Å²) >= 11 is 0. The SMILES string of the molecule is CC/C=C\C/C=C\C/C=C\C/C=C\C/C=C\CCCC(=O)OCC(COP(=O)(O)OCC(O)COP(=O)(O)OCC(COC(=O)CCCCCCC/C=C\C/C=C\CCCCC)OC(=O)CCCCCCC/C=C\CCCCCCCC)OC(=O)CCCCCC/C=C\C/C=C\C/C=C\C/C=C\CC. The van der Waals surface area contributed by atoms with Crippen LogP contribution >= 0.6 is 15.6 Å². The highest BCUT2D eigenvalue weighted by molar-refractivity contribution is 7.47. The number of aliphatic hydroxyl groups is 1. The number of phosphoric acid groups is 2. The first kappa shape index (κ1) is 98.9. The van der Waals surface area contributed by atoms with Gasteiger partial charge in [0.25, 0.3) is 0 Å². The molecular weight excluding hydrogens is 1350 g/mol. The van der Waals surface area contributed by atoms with Crippen LogP contribution in [-0.4, -0.2) is 96.7 Å². The molecule has 0 aromatic carbocycles. The van der Waals surface area contributed by atoms with Gasteiger partial charge < -0.3 is 33.8 Å². The molecule has 0 aliphatic heterocycles. The van der Waals surface area contributed by atoms with Gasteiger partial charge in [0.05, 0.1) is 26.4 Å². The molecule has 0 saturated heterocycles. The maximum Gasteiger partial charge on any atom is 0.472 e. The van der Waals surface area contributed by atoms with Crippen molar-refractivity contribution in [2.45, 2.75) is 329 Å². The first-order chi connectivity index (χ1) is 50.7. The lowest BCUT2D eigenvalue weighted by Crippen LogP contribution is -2.30. The minimum atomic E-state index is -5.00. The fourth-order valence-electron chi connectivity index (χ4n) is 10.2. The Labute approximate surface area is 630 Å². The van der Waals surface area contributed by atoms with Gasteiger partial charge in [0, 0.05) is 25.7 Å². The van der Waals surface area contributed by atoms with Crippen LogP contribution in [0.2, 0.25) is 0 Å². The molecule has 3 N–H and O–H groups in total. The molecule has 0 amide bonds. The van der Waals surface area contributed by atoms with Crippen LogP contribution in [0.5, 0.6) is 0 Å². The van der Waals surface area contributed by atoms with Crippen LogP contribution in [0.3, 0.4) is 0 Å². The van der Waals surface area contributed by atoms with Gasteiger partial charge in [-0.25, -0.2) is 9.13 Å². The molecule has 0 fully saturated rings. The molecule has 0 aromatic rings. The van der Waals surface area contributed by atoms with Crippen LogP contribution in [0, 0.1) is 0 Å². The first-order valence-electron chi connectivity index (χ1n) is 40.1. The van der Waals surface area contributed by atoms with E-state index >= 15 is 0 Å². The van der Waals surface area contributed by atoms with Gasteiger partial charge in [-0.1, -0.05) is 270 Å². The third kappa shape index (κ3) is 75.2. The van der Waals surface area contributed by atoms with E-state index in [1.807, 2.05) is 12.2 Å². The van der Waals surface area contributed by atoms with Crippen molar-refractivity contribution in [3.05, 3.63) is 146 Å². The Morgan fingerprint density at radius 2 is 0.510 bits per heavy atom. The summed E-state index contributed by atoms with van der Waals surface area (Å²) < 4.78 is 68.5. The van der Waals surface area contributed by atoms with Gasteiger partial charge in [0.15, 0.2) is 12.2 Å². The van der Waals surface area contributed by atoms with Gasteiger partial charge in [-0.3, -0.25) is 37.3 Å². The summed E-state index contributed by atoms with van der Waals surface area (Å²) in [5.41, 5.74) is 0. The molecule has 0 aliphatic rings. The summed E-state index contributed by atoms with van der Waals surface area (Å²) in [6.07, 6.45) is 86.8. The highest BCUT2D eigenvalue weighted by atomic mass is 31.2. The highest BCUT2D eigenvalue weighted by Crippen LogP contribution is 2.45. The lowest BCUT2D eigenvalue weighted by Gasteiger charge is -2.21. The molecule has 104 heavy (non-hydrogen) atoms. The largest absolute Gasteiger partial charge is 0.472 e. The number of carbonyl (C=O) groups excluding carboxylic acids is 4. The molecule has 17 nitrogen and oxygen atoms in total. The van der Waals surface area contributed by atoms with Crippen LogP contribution in [-0.2, 0) is 65.4 Å². The third-order valence-corrected chi connectivity index (χ3v) is 18.2. The van der Waals surface area contributed by atoms with Crippen molar-refractivity contribution < 1.29 is 80.2 Å². The van der Waals surface area contributed by atoms with Crippen LogP contribution in [0.25, 0.3) is 0 Å². The second kappa shape index (κ2) is 76.1. The lowest BCUT2D eigenvalue weighted by molar-refractivity contribution is -0.161. The summed E-state index contributed by atoms with van der Waals surface area (Å²) in [4.78, 5) is 73.0. The van der Waals surface area contributed by atoms with Gasteiger partial charge in [0.2, 0.25) is 0 Å². The van der Waals surface area contributed by atoms with Gasteiger partial charge >= 0.3 is 39.5 Å². The Bertz CT molecular complexity index is 2540. The van der Waals surface area contributed by atoms with Gasteiger partial charge in [-0.15, -0.1) is 0 Å². The number of hydrogen-bond donors (Lipinski definition) is 3. The molecule has 5 atom stereocenters. The normalized spacial score (nSPS) is 14.6. The molecular formula is C85H142O17P2. The maximum absolute atomic E-state index is 13.1. The summed E-state index contributed by atoms with van der Waals surface area (Å²) in [5, 5.41) is 10.6. The maximum atomic E-state index is 13.1. The van der Waals surface area contributed by atoms with Crippen molar-refractivity contribution >= 4 is 39.5 Å². The second-order valence-corrected chi connectivity index (χ2v) is 29.1. The zero-order valence-electron chi connectivity index (χ0n) is 64.9. The standard InChI is InChI=1S/C85H142O17P2/c1-5-9-13-17-21-25-29-33-37-39-43-46-50-54-58-62-66-70-83(88)96-76-81(102-85(90)72-68-64-60-56-52-48-44-40-38-34-30-26-22-18-14-10-6-2)78-100-104(93,94)98-74-79(86)73-97-103(91,92)99-77-80(101-84(89)71-67-63-59-55-51-47-42-36-32-28-24-20-16-12-8-4)75-95-82(87)69-65-61-57-53-49-45-41-35-31-27-23-19-15-11-7-3/h9-10,13-14,21-23,25-27,33-38,41-44,46,48,54,58,79-81,86H,5-8,11-12,15-20,24,28-32,39-40,45,47,49-53,55-57,59-78H2,1-4H3,(H,91,92)(H,93,94)/b13-9-,14-10-,25-21-,26-22-,27-23-,37-33-,38-34-,41-35-,42-36-,46-43-,48-44-,58-54-. The minimum Gasteiger partial charge on any atom is -0.462 e. The van der Waals surface area contributed by atoms with E-state index < -0.39 is 97.5 Å². The van der Waals surface area contributed by atoms with E-state index in [1.54, 1.807) is 0 Å². The first-order valence-corrected chi connectivity index (χ1v) is 43.1. The average Bonchev–Trinajstić information content (AvgIpc) is 0.926. The van der Waals surface area contributed by atoms with E-state index in [-0.39, 0.29) is 25.7 Å². The predicted octanol–water partition coefficient (Wildman–Crippen LogP) is 23.4. The van der Waals surface area contributed by atoms with Gasteiger partial charge in [-0.05, 0) is 161 Å². The van der Waals surface area contributed by atoms with Gasteiger partial charge in [0.1, 0.15) is 19.3 Å². The molecule has 0 radical (unpaired) electrons. The second-order valence-electron chi connectivity index (χ2n) is 26.2. The summed E-state index contributed by atoms with van der Waals surface area (Å²) in [6, 6.07) is 0. The fraction of sp³-hybridized carbons (Fsp3) is 0.671. The number of hydrogen-bond acceptors (Lipinski definition) is 15. The van der Waals surface area contributed by atoms with Crippen molar-refractivity contribution in [2.24, 2.45) is 0 Å². The highest BCUT2D eigenvalue weighted by Gasteiger charge is 2.30. The quantitative estimate of drug-likeness (QED) is 0.0169. The molecule has 0 bridgehead atoms. The summed E-state index contributed by atoms with van der Waals surface area (Å²) in [6.45, 7) is 4.50. The number of aliphatic hydroxyl groups excluding tert-OH is 1. The monoisotopic (exact) mass is 1500 g/mol. The summed E-state index contributed by atoms with van der Waals surface area (Å²) in [5.74, 6) is -2.30. The van der Waals surface area contributed by atoms with E-state index in [2.05, 4.69) is 161 Å². The van der Waals surface area contributed by atoms with E-state index in [9.17, 15) is 43.2 Å². The van der Waals surface area contributed by atoms with Crippen LogP contribution in [0.4, 0.5) is 0 Å². The van der Waals surface area contributed by atoms with E-state index in [1.165, 1.54) is 57.8 Å². The average molecular weight is 1500 g/mol. The van der Waals surface area contributed by atoms with Crippen molar-refractivity contribution in [1.82, 2.24) is 0 Å². The minimum absolute atomic E-state index is 0.0498. The molecule has 0 aliphatic carbocycles. The fourth-order valence-corrected chi connectivity index (χ4v) is 11.8. The Balaban J connectivity index is 5.47. The number of ether oxygens (including phenoxy) is 4. The molecule has 5 unspecified atom stereocenters. The van der Waals surface area contributed by atoms with Crippen molar-refractivity contribution in [3.8, 4) is 0 Å². The smallest absolute Gasteiger partial charge is 0.462 e. The molecule has 0 heterocycles. The van der Waals surface area contributed by atoms with Crippen LogP contribution in [0.15, 0.2) is 146 Å². The summed E-state index contributed by atoms with van der Waals surface area (Å²) in [7, 11) is -9.99. The molecule has 594 valence electrons. The number of esters is 4. The zero-order valence-corrected chi connectivity index (χ0v) is 66.7. The Morgan fingerprint density at radius 3 is 0.837 bits per heavy atom. The number of phosphoric ester groups is 2. The van der Waals surface area contributed by atoms with Gasteiger partial charge in [-0.2, -0.15) is 0 Å².